The highest BCUT2D eigenvalue weighted by molar-refractivity contribution is 5.79. The van der Waals surface area contributed by atoms with Crippen LogP contribution in [0.2, 0.25) is 0 Å². The Morgan fingerprint density at radius 2 is 2.00 bits per heavy atom. The third-order valence-electron chi connectivity index (χ3n) is 5.20. The summed E-state index contributed by atoms with van der Waals surface area (Å²) in [7, 11) is 3.75. The first kappa shape index (κ1) is 19.4. The second kappa shape index (κ2) is 8.99. The van der Waals surface area contributed by atoms with Crippen molar-refractivity contribution in [3.05, 3.63) is 47.0 Å². The van der Waals surface area contributed by atoms with E-state index in [1.165, 1.54) is 11.1 Å². The summed E-state index contributed by atoms with van der Waals surface area (Å²) in [6.07, 6.45) is 2.37. The number of guanidine groups is 1. The second-order valence-electron chi connectivity index (χ2n) is 7.13. The molecule has 1 saturated heterocycles. The van der Waals surface area contributed by atoms with Gasteiger partial charge in [-0.2, -0.15) is 0 Å². The van der Waals surface area contributed by atoms with Crippen LogP contribution in [0, 0.1) is 19.8 Å². The van der Waals surface area contributed by atoms with Crippen molar-refractivity contribution in [2.24, 2.45) is 18.0 Å². The zero-order valence-corrected chi connectivity index (χ0v) is 16.7. The van der Waals surface area contributed by atoms with Gasteiger partial charge in [0.15, 0.2) is 11.8 Å². The van der Waals surface area contributed by atoms with Crippen molar-refractivity contribution in [2.75, 3.05) is 20.2 Å². The largest absolute Gasteiger partial charge is 0.373 e. The number of rotatable bonds is 5. The number of hydrogen-bond donors (Lipinski definition) is 2. The Bertz CT molecular complexity index is 767. The fraction of sp³-hybridized carbons (Fsp3) is 0.550. The molecule has 0 bridgehead atoms. The summed E-state index contributed by atoms with van der Waals surface area (Å²) >= 11 is 0. The number of benzene rings is 1. The predicted molar refractivity (Wildman–Crippen MR) is 107 cm³/mol. The van der Waals surface area contributed by atoms with Crippen LogP contribution in [0.4, 0.5) is 0 Å². The fourth-order valence-electron chi connectivity index (χ4n) is 3.39. The SMILES string of the molecule is CN=C(NCc1nnc(C)n1C)NCC1CCCOC1c1ccc(C)cc1. The van der Waals surface area contributed by atoms with E-state index in [2.05, 4.69) is 57.0 Å². The molecular weight excluding hydrogens is 340 g/mol. The normalized spacial score (nSPS) is 20.5. The Kier molecular flexibility index (Phi) is 6.45. The number of ether oxygens (including phenoxy) is 1. The third-order valence-corrected chi connectivity index (χ3v) is 5.20. The molecular formula is C20H30N6O. The maximum Gasteiger partial charge on any atom is 0.191 e. The minimum Gasteiger partial charge on any atom is -0.373 e. The van der Waals surface area contributed by atoms with E-state index in [1.54, 1.807) is 7.05 Å². The van der Waals surface area contributed by atoms with Crippen LogP contribution in [0.3, 0.4) is 0 Å². The molecule has 3 rings (SSSR count). The zero-order valence-electron chi connectivity index (χ0n) is 16.7. The molecule has 1 aliphatic heterocycles. The van der Waals surface area contributed by atoms with Gasteiger partial charge in [-0.1, -0.05) is 29.8 Å². The third kappa shape index (κ3) is 4.86. The molecule has 2 aromatic rings. The average Bonchev–Trinajstić information content (AvgIpc) is 3.01. The van der Waals surface area contributed by atoms with E-state index in [-0.39, 0.29) is 6.10 Å². The minimum atomic E-state index is 0.131. The van der Waals surface area contributed by atoms with E-state index >= 15 is 0 Å². The zero-order chi connectivity index (χ0) is 19.2. The average molecular weight is 371 g/mol. The Hall–Kier alpha value is -2.41. The van der Waals surface area contributed by atoms with Gasteiger partial charge < -0.3 is 19.9 Å². The summed E-state index contributed by atoms with van der Waals surface area (Å²) in [6, 6.07) is 8.67. The molecule has 2 atom stereocenters. The molecule has 0 saturated carbocycles. The van der Waals surface area contributed by atoms with Crippen LogP contribution in [0.25, 0.3) is 0 Å². The van der Waals surface area contributed by atoms with Gasteiger partial charge in [0, 0.05) is 33.2 Å². The molecule has 7 heteroatoms. The van der Waals surface area contributed by atoms with Crippen molar-refractivity contribution < 1.29 is 4.74 Å². The van der Waals surface area contributed by atoms with Gasteiger partial charge in [0.25, 0.3) is 0 Å². The van der Waals surface area contributed by atoms with Gasteiger partial charge in [-0.15, -0.1) is 10.2 Å². The van der Waals surface area contributed by atoms with Crippen molar-refractivity contribution in [3.63, 3.8) is 0 Å². The van der Waals surface area contributed by atoms with Crippen molar-refractivity contribution in [3.8, 4) is 0 Å². The predicted octanol–water partition coefficient (Wildman–Crippen LogP) is 2.26. The molecule has 1 aromatic carbocycles. The topological polar surface area (TPSA) is 76.4 Å². The molecule has 1 aromatic heterocycles. The van der Waals surface area contributed by atoms with Crippen LogP contribution < -0.4 is 10.6 Å². The van der Waals surface area contributed by atoms with Crippen molar-refractivity contribution in [2.45, 2.75) is 39.3 Å². The van der Waals surface area contributed by atoms with E-state index in [1.807, 2.05) is 18.5 Å². The molecule has 2 N–H and O–H groups in total. The summed E-state index contributed by atoms with van der Waals surface area (Å²) in [5, 5.41) is 15.0. The summed E-state index contributed by atoms with van der Waals surface area (Å²) < 4.78 is 8.08. The van der Waals surface area contributed by atoms with Gasteiger partial charge in [0.2, 0.25) is 0 Å². The van der Waals surface area contributed by atoms with Crippen LogP contribution in [0.5, 0.6) is 0 Å². The van der Waals surface area contributed by atoms with Gasteiger partial charge in [-0.3, -0.25) is 4.99 Å². The first-order valence-corrected chi connectivity index (χ1v) is 9.56. The van der Waals surface area contributed by atoms with E-state index < -0.39 is 0 Å². The molecule has 1 aliphatic rings. The summed E-state index contributed by atoms with van der Waals surface area (Å²) in [4.78, 5) is 4.33. The smallest absolute Gasteiger partial charge is 0.191 e. The van der Waals surface area contributed by atoms with E-state index in [9.17, 15) is 0 Å². The Morgan fingerprint density at radius 3 is 2.67 bits per heavy atom. The molecule has 7 nitrogen and oxygen atoms in total. The first-order valence-electron chi connectivity index (χ1n) is 9.56. The van der Waals surface area contributed by atoms with E-state index in [4.69, 9.17) is 4.74 Å². The quantitative estimate of drug-likeness (QED) is 0.624. The number of aromatic nitrogens is 3. The number of aliphatic imine (C=N–C) groups is 1. The van der Waals surface area contributed by atoms with Crippen molar-refractivity contribution in [1.29, 1.82) is 0 Å². The molecule has 27 heavy (non-hydrogen) atoms. The minimum absolute atomic E-state index is 0.131. The van der Waals surface area contributed by atoms with Crippen LogP contribution in [0.1, 0.15) is 41.7 Å². The maximum absolute atomic E-state index is 6.11. The number of nitrogens with one attached hydrogen (secondary N) is 2. The highest BCUT2D eigenvalue weighted by Gasteiger charge is 2.27. The van der Waals surface area contributed by atoms with Gasteiger partial charge in [-0.05, 0) is 32.3 Å². The summed E-state index contributed by atoms with van der Waals surface area (Å²) in [5.41, 5.74) is 2.53. The van der Waals surface area contributed by atoms with Crippen LogP contribution in [-0.4, -0.2) is 40.9 Å². The molecule has 0 spiro atoms. The first-order chi connectivity index (χ1) is 13.1. The lowest BCUT2D eigenvalue weighted by molar-refractivity contribution is -0.0265. The lowest BCUT2D eigenvalue weighted by Crippen LogP contribution is -2.42. The molecule has 0 radical (unpaired) electrons. The standard InChI is InChI=1S/C20H30N6O/c1-14-7-9-16(10-8-14)19-17(6-5-11-27-19)12-22-20(21-3)23-13-18-25-24-15(2)26(18)4/h7-10,17,19H,5-6,11-13H2,1-4H3,(H2,21,22,23). The van der Waals surface area contributed by atoms with Gasteiger partial charge >= 0.3 is 0 Å². The second-order valence-corrected chi connectivity index (χ2v) is 7.13. The highest BCUT2D eigenvalue weighted by Crippen LogP contribution is 2.33. The number of aryl methyl sites for hydroxylation is 2. The maximum atomic E-state index is 6.11. The van der Waals surface area contributed by atoms with Gasteiger partial charge in [-0.25, -0.2) is 0 Å². The molecule has 146 valence electrons. The lowest BCUT2D eigenvalue weighted by atomic mass is 9.89. The van der Waals surface area contributed by atoms with Crippen LogP contribution >= 0.6 is 0 Å². The Balaban J connectivity index is 1.57. The highest BCUT2D eigenvalue weighted by atomic mass is 16.5. The fourth-order valence-corrected chi connectivity index (χ4v) is 3.39. The monoisotopic (exact) mass is 370 g/mol. The lowest BCUT2D eigenvalue weighted by Gasteiger charge is -2.32. The molecule has 2 unspecified atom stereocenters. The molecule has 2 heterocycles. The summed E-state index contributed by atoms with van der Waals surface area (Å²) in [5.74, 6) is 2.96. The Labute approximate surface area is 161 Å². The van der Waals surface area contributed by atoms with E-state index in [0.29, 0.717) is 12.5 Å². The van der Waals surface area contributed by atoms with Crippen molar-refractivity contribution >= 4 is 5.96 Å². The number of hydrogen-bond acceptors (Lipinski definition) is 4. The summed E-state index contributed by atoms with van der Waals surface area (Å²) in [6.45, 7) is 6.28. The molecule has 0 amide bonds. The van der Waals surface area contributed by atoms with Gasteiger partial charge in [0.05, 0.1) is 12.6 Å². The van der Waals surface area contributed by atoms with Crippen molar-refractivity contribution in [1.82, 2.24) is 25.4 Å². The molecule has 1 fully saturated rings. The Morgan fingerprint density at radius 1 is 1.22 bits per heavy atom. The molecule has 0 aliphatic carbocycles. The number of nitrogens with zero attached hydrogens (tertiary/aromatic N) is 4. The van der Waals surface area contributed by atoms with Crippen LogP contribution in [0.15, 0.2) is 29.3 Å². The van der Waals surface area contributed by atoms with E-state index in [0.717, 1.165) is 43.6 Å². The van der Waals surface area contributed by atoms with Gasteiger partial charge in [0.1, 0.15) is 5.82 Å². The van der Waals surface area contributed by atoms with Crippen LogP contribution in [-0.2, 0) is 18.3 Å².